The average molecular weight is 254 g/mol. The van der Waals surface area contributed by atoms with Crippen molar-refractivity contribution in [3.05, 3.63) is 59.7 Å². The zero-order chi connectivity index (χ0) is 13.1. The Bertz CT molecular complexity index is 578. The van der Waals surface area contributed by atoms with E-state index in [1.54, 1.807) is 0 Å². The lowest BCUT2D eigenvalue weighted by Gasteiger charge is -2.11. The van der Waals surface area contributed by atoms with Gasteiger partial charge in [0, 0.05) is 5.92 Å². The summed E-state index contributed by atoms with van der Waals surface area (Å²) in [5.41, 5.74) is 2.11. The van der Waals surface area contributed by atoms with Gasteiger partial charge >= 0.3 is 0 Å². The molecule has 0 amide bonds. The van der Waals surface area contributed by atoms with Crippen LogP contribution in [0.1, 0.15) is 17.0 Å². The maximum atomic E-state index is 11.3. The Morgan fingerprint density at radius 2 is 1.84 bits per heavy atom. The molecular weight excluding hydrogens is 240 g/mol. The van der Waals surface area contributed by atoms with Crippen molar-refractivity contribution in [2.75, 3.05) is 6.79 Å². The SMILES string of the molecule is O=CC(Cc1ccc2c(c1)OCO2)c1ccccc1. The van der Waals surface area contributed by atoms with Crippen LogP contribution in [0.2, 0.25) is 0 Å². The number of carbonyl (C=O) groups excluding carboxylic acids is 1. The van der Waals surface area contributed by atoms with Gasteiger partial charge in [-0.2, -0.15) is 0 Å². The lowest BCUT2D eigenvalue weighted by atomic mass is 9.93. The first-order chi connectivity index (χ1) is 9.36. The lowest BCUT2D eigenvalue weighted by molar-refractivity contribution is -0.109. The smallest absolute Gasteiger partial charge is 0.231 e. The van der Waals surface area contributed by atoms with Crippen molar-refractivity contribution in [1.29, 1.82) is 0 Å². The molecule has 0 bridgehead atoms. The van der Waals surface area contributed by atoms with Crippen molar-refractivity contribution in [2.45, 2.75) is 12.3 Å². The zero-order valence-corrected chi connectivity index (χ0v) is 10.4. The largest absolute Gasteiger partial charge is 0.454 e. The van der Waals surface area contributed by atoms with E-state index in [4.69, 9.17) is 9.47 Å². The highest BCUT2D eigenvalue weighted by atomic mass is 16.7. The predicted octanol–water partition coefficient (Wildman–Crippen LogP) is 2.94. The molecule has 0 N–H and O–H groups in total. The van der Waals surface area contributed by atoms with Gasteiger partial charge in [0.1, 0.15) is 6.29 Å². The van der Waals surface area contributed by atoms with Crippen LogP contribution in [0.4, 0.5) is 0 Å². The molecule has 0 aliphatic carbocycles. The molecule has 1 unspecified atom stereocenters. The van der Waals surface area contributed by atoms with Gasteiger partial charge < -0.3 is 14.3 Å². The average Bonchev–Trinajstić information content (AvgIpc) is 2.93. The Kier molecular flexibility index (Phi) is 3.19. The highest BCUT2D eigenvalue weighted by Crippen LogP contribution is 2.33. The summed E-state index contributed by atoms with van der Waals surface area (Å²) in [6, 6.07) is 15.6. The molecule has 3 heteroatoms. The van der Waals surface area contributed by atoms with Gasteiger partial charge in [0.25, 0.3) is 0 Å². The minimum atomic E-state index is -0.124. The fourth-order valence-electron chi connectivity index (χ4n) is 2.27. The molecule has 1 heterocycles. The number of hydrogen-bond donors (Lipinski definition) is 0. The Morgan fingerprint density at radius 1 is 1.05 bits per heavy atom. The van der Waals surface area contributed by atoms with Crippen molar-refractivity contribution in [1.82, 2.24) is 0 Å². The first kappa shape index (κ1) is 11.8. The summed E-state index contributed by atoms with van der Waals surface area (Å²) in [6.45, 7) is 0.272. The van der Waals surface area contributed by atoms with Gasteiger partial charge in [0.2, 0.25) is 6.79 Å². The van der Waals surface area contributed by atoms with Crippen LogP contribution in [0.15, 0.2) is 48.5 Å². The second-order valence-electron chi connectivity index (χ2n) is 4.54. The molecule has 3 nitrogen and oxygen atoms in total. The minimum absolute atomic E-state index is 0.124. The summed E-state index contributed by atoms with van der Waals surface area (Å²) in [6.07, 6.45) is 1.67. The van der Waals surface area contributed by atoms with E-state index in [0.717, 1.165) is 28.9 Å². The molecule has 0 saturated heterocycles. The summed E-state index contributed by atoms with van der Waals surface area (Å²) < 4.78 is 10.6. The maximum absolute atomic E-state index is 11.3. The molecule has 1 aliphatic heterocycles. The van der Waals surface area contributed by atoms with Crippen molar-refractivity contribution >= 4 is 6.29 Å². The quantitative estimate of drug-likeness (QED) is 0.787. The summed E-state index contributed by atoms with van der Waals surface area (Å²) in [5, 5.41) is 0. The predicted molar refractivity (Wildman–Crippen MR) is 71.5 cm³/mol. The van der Waals surface area contributed by atoms with E-state index >= 15 is 0 Å². The first-order valence-electron chi connectivity index (χ1n) is 6.25. The van der Waals surface area contributed by atoms with Gasteiger partial charge in [-0.3, -0.25) is 0 Å². The fourth-order valence-corrected chi connectivity index (χ4v) is 2.27. The number of carbonyl (C=O) groups is 1. The van der Waals surface area contributed by atoms with Crippen LogP contribution in [0.25, 0.3) is 0 Å². The maximum Gasteiger partial charge on any atom is 0.231 e. The van der Waals surface area contributed by atoms with E-state index in [1.807, 2.05) is 48.5 Å². The van der Waals surface area contributed by atoms with Crippen LogP contribution in [0, 0.1) is 0 Å². The Balaban J connectivity index is 1.82. The molecule has 2 aromatic rings. The van der Waals surface area contributed by atoms with Gasteiger partial charge in [-0.05, 0) is 29.7 Å². The van der Waals surface area contributed by atoms with Crippen molar-refractivity contribution < 1.29 is 14.3 Å². The molecule has 0 radical (unpaired) electrons. The molecule has 19 heavy (non-hydrogen) atoms. The first-order valence-corrected chi connectivity index (χ1v) is 6.25. The van der Waals surface area contributed by atoms with E-state index in [2.05, 4.69) is 0 Å². The van der Waals surface area contributed by atoms with Crippen LogP contribution >= 0.6 is 0 Å². The minimum Gasteiger partial charge on any atom is -0.454 e. The fraction of sp³-hybridized carbons (Fsp3) is 0.188. The van der Waals surface area contributed by atoms with Gasteiger partial charge in [-0.25, -0.2) is 0 Å². The molecule has 0 fully saturated rings. The van der Waals surface area contributed by atoms with Gasteiger partial charge in [0.15, 0.2) is 11.5 Å². The van der Waals surface area contributed by atoms with Crippen LogP contribution in [-0.2, 0) is 11.2 Å². The lowest BCUT2D eigenvalue weighted by Crippen LogP contribution is -2.04. The summed E-state index contributed by atoms with van der Waals surface area (Å²) in [4.78, 5) is 11.3. The van der Waals surface area contributed by atoms with Crippen LogP contribution < -0.4 is 9.47 Å². The number of rotatable bonds is 4. The molecular formula is C16H14O3. The Hall–Kier alpha value is -2.29. The number of aldehydes is 1. The third kappa shape index (κ3) is 2.45. The third-order valence-electron chi connectivity index (χ3n) is 3.28. The van der Waals surface area contributed by atoms with Gasteiger partial charge in [-0.15, -0.1) is 0 Å². The monoisotopic (exact) mass is 254 g/mol. The molecule has 3 rings (SSSR count). The number of ether oxygens (including phenoxy) is 2. The number of fused-ring (bicyclic) bond motifs is 1. The molecule has 96 valence electrons. The Labute approximate surface area is 111 Å². The molecule has 1 aliphatic rings. The molecule has 1 atom stereocenters. The van der Waals surface area contributed by atoms with Crippen LogP contribution in [-0.4, -0.2) is 13.1 Å². The zero-order valence-electron chi connectivity index (χ0n) is 10.4. The van der Waals surface area contributed by atoms with E-state index in [0.29, 0.717) is 6.42 Å². The molecule has 0 saturated carbocycles. The number of benzene rings is 2. The number of hydrogen-bond acceptors (Lipinski definition) is 3. The third-order valence-corrected chi connectivity index (χ3v) is 3.28. The molecule has 0 aromatic heterocycles. The molecule has 0 spiro atoms. The summed E-state index contributed by atoms with van der Waals surface area (Å²) >= 11 is 0. The van der Waals surface area contributed by atoms with Crippen LogP contribution in [0.5, 0.6) is 11.5 Å². The Morgan fingerprint density at radius 3 is 2.63 bits per heavy atom. The van der Waals surface area contributed by atoms with E-state index in [1.165, 1.54) is 0 Å². The van der Waals surface area contributed by atoms with Gasteiger partial charge in [-0.1, -0.05) is 36.4 Å². The molecule has 2 aromatic carbocycles. The van der Waals surface area contributed by atoms with Gasteiger partial charge in [0.05, 0.1) is 0 Å². The van der Waals surface area contributed by atoms with Crippen LogP contribution in [0.3, 0.4) is 0 Å². The highest BCUT2D eigenvalue weighted by molar-refractivity contribution is 5.63. The van der Waals surface area contributed by atoms with E-state index < -0.39 is 0 Å². The van der Waals surface area contributed by atoms with E-state index in [-0.39, 0.29) is 12.7 Å². The normalized spacial score (nSPS) is 14.1. The topological polar surface area (TPSA) is 35.5 Å². The summed E-state index contributed by atoms with van der Waals surface area (Å²) in [5.74, 6) is 1.41. The second-order valence-corrected chi connectivity index (χ2v) is 4.54. The summed E-state index contributed by atoms with van der Waals surface area (Å²) in [7, 11) is 0. The van der Waals surface area contributed by atoms with Crippen molar-refractivity contribution in [3.8, 4) is 11.5 Å². The highest BCUT2D eigenvalue weighted by Gasteiger charge is 2.16. The second kappa shape index (κ2) is 5.14. The van der Waals surface area contributed by atoms with Crippen molar-refractivity contribution in [2.24, 2.45) is 0 Å². The van der Waals surface area contributed by atoms with Crippen molar-refractivity contribution in [3.63, 3.8) is 0 Å². The standard InChI is InChI=1S/C16H14O3/c17-10-14(13-4-2-1-3-5-13)8-12-6-7-15-16(9-12)19-11-18-15/h1-7,9-10,14H,8,11H2. The van der Waals surface area contributed by atoms with E-state index in [9.17, 15) is 4.79 Å².